The van der Waals surface area contributed by atoms with Gasteiger partial charge in [0.15, 0.2) is 0 Å². The number of ether oxygens (including phenoxy) is 2. The first-order valence-electron chi connectivity index (χ1n) is 6.95. The van der Waals surface area contributed by atoms with Crippen molar-refractivity contribution in [1.29, 1.82) is 0 Å². The molecule has 1 amide bonds. The number of likely N-dealkylation sites (tertiary alicyclic amines) is 1. The van der Waals surface area contributed by atoms with Crippen molar-refractivity contribution in [3.63, 3.8) is 0 Å². The number of piperidine rings is 1. The molecule has 0 aromatic rings. The van der Waals surface area contributed by atoms with E-state index in [4.69, 9.17) is 9.47 Å². The lowest BCUT2D eigenvalue weighted by Gasteiger charge is -2.35. The molecule has 0 radical (unpaired) electrons. The zero-order valence-corrected chi connectivity index (χ0v) is 12.0. The number of rotatable bonds is 1. The topological polar surface area (TPSA) is 55.8 Å². The van der Waals surface area contributed by atoms with Crippen molar-refractivity contribution in [1.82, 2.24) is 4.90 Å². The van der Waals surface area contributed by atoms with Gasteiger partial charge < -0.3 is 14.4 Å². The third kappa shape index (κ3) is 3.69. The molecule has 2 aliphatic heterocycles. The summed E-state index contributed by atoms with van der Waals surface area (Å²) in [5.41, 5.74) is -0.496. The molecule has 0 saturated carbocycles. The highest BCUT2D eigenvalue weighted by Gasteiger charge is 2.37. The lowest BCUT2D eigenvalue weighted by atomic mass is 9.84. The first kappa shape index (κ1) is 14.3. The van der Waals surface area contributed by atoms with Gasteiger partial charge >= 0.3 is 6.09 Å². The van der Waals surface area contributed by atoms with Crippen LogP contribution in [0.15, 0.2) is 0 Å². The van der Waals surface area contributed by atoms with Crippen LogP contribution in [0.25, 0.3) is 0 Å². The highest BCUT2D eigenvalue weighted by Crippen LogP contribution is 2.28. The first-order valence-corrected chi connectivity index (χ1v) is 6.95. The number of hydrogen-bond donors (Lipinski definition) is 0. The fourth-order valence-corrected chi connectivity index (χ4v) is 2.64. The first-order chi connectivity index (χ1) is 8.87. The van der Waals surface area contributed by atoms with Crippen molar-refractivity contribution in [3.05, 3.63) is 0 Å². The molecule has 0 spiro atoms. The summed E-state index contributed by atoms with van der Waals surface area (Å²) >= 11 is 0. The molecule has 0 N–H and O–H groups in total. The lowest BCUT2D eigenvalue weighted by molar-refractivity contribution is -0.128. The van der Waals surface area contributed by atoms with Crippen molar-refractivity contribution in [2.45, 2.75) is 39.2 Å². The number of amides is 1. The molecule has 0 aromatic carbocycles. The van der Waals surface area contributed by atoms with E-state index in [0.717, 1.165) is 13.0 Å². The van der Waals surface area contributed by atoms with Crippen molar-refractivity contribution >= 4 is 11.9 Å². The normalized spacial score (nSPS) is 28.6. The van der Waals surface area contributed by atoms with Gasteiger partial charge in [-0.3, -0.25) is 4.79 Å². The van der Waals surface area contributed by atoms with Crippen molar-refractivity contribution in [2.75, 3.05) is 26.3 Å². The standard InChI is InChI=1S/C14H23NO4/c1-14(2,3)19-13(17)15-6-4-12(16)11(8-15)10-5-7-18-9-10/h10-11H,4-9H2,1-3H3/t10-,11-/m1/s1. The maximum absolute atomic E-state index is 12.0. The summed E-state index contributed by atoms with van der Waals surface area (Å²) in [5, 5.41) is 0. The molecule has 2 saturated heterocycles. The van der Waals surface area contributed by atoms with Gasteiger partial charge in [-0.1, -0.05) is 0 Å². The van der Waals surface area contributed by atoms with Crippen molar-refractivity contribution in [2.24, 2.45) is 11.8 Å². The molecule has 0 bridgehead atoms. The van der Waals surface area contributed by atoms with Gasteiger partial charge in [0.1, 0.15) is 11.4 Å². The average molecular weight is 269 g/mol. The van der Waals surface area contributed by atoms with E-state index in [9.17, 15) is 9.59 Å². The van der Waals surface area contributed by atoms with Gasteiger partial charge in [0, 0.05) is 32.0 Å². The Labute approximate surface area is 114 Å². The zero-order valence-electron chi connectivity index (χ0n) is 12.0. The van der Waals surface area contributed by atoms with Crippen LogP contribution < -0.4 is 0 Å². The van der Waals surface area contributed by atoms with Crippen LogP contribution in [0.2, 0.25) is 0 Å². The summed E-state index contributed by atoms with van der Waals surface area (Å²) in [5.74, 6) is 0.441. The molecule has 2 rings (SSSR count). The van der Waals surface area contributed by atoms with E-state index in [2.05, 4.69) is 0 Å². The number of ketones is 1. The Morgan fingerprint density at radius 1 is 1.42 bits per heavy atom. The molecule has 0 unspecified atom stereocenters. The average Bonchev–Trinajstić information content (AvgIpc) is 2.80. The van der Waals surface area contributed by atoms with Gasteiger partial charge in [0.2, 0.25) is 0 Å². The lowest BCUT2D eigenvalue weighted by Crippen LogP contribution is -2.48. The number of Topliss-reactive ketones (excluding diaryl/α,β-unsaturated/α-hetero) is 1. The maximum atomic E-state index is 12.0. The highest BCUT2D eigenvalue weighted by atomic mass is 16.6. The minimum atomic E-state index is -0.496. The summed E-state index contributed by atoms with van der Waals surface area (Å²) in [6.45, 7) is 7.85. The van der Waals surface area contributed by atoms with E-state index in [-0.39, 0.29) is 23.7 Å². The third-order valence-corrected chi connectivity index (χ3v) is 3.64. The predicted octanol–water partition coefficient (Wildman–Crippen LogP) is 1.85. The van der Waals surface area contributed by atoms with Crippen LogP contribution in [0.4, 0.5) is 4.79 Å². The van der Waals surface area contributed by atoms with E-state index in [0.29, 0.717) is 26.1 Å². The summed E-state index contributed by atoms with van der Waals surface area (Å²) in [7, 11) is 0. The molecule has 5 heteroatoms. The quantitative estimate of drug-likeness (QED) is 0.729. The Hall–Kier alpha value is -1.10. The van der Waals surface area contributed by atoms with Crippen LogP contribution in [0.3, 0.4) is 0 Å². The van der Waals surface area contributed by atoms with E-state index in [1.165, 1.54) is 0 Å². The minimum Gasteiger partial charge on any atom is -0.444 e. The van der Waals surface area contributed by atoms with Crippen molar-refractivity contribution in [3.8, 4) is 0 Å². The molecule has 2 heterocycles. The molecule has 2 aliphatic rings. The van der Waals surface area contributed by atoms with Crippen LogP contribution in [0, 0.1) is 11.8 Å². The Morgan fingerprint density at radius 3 is 2.74 bits per heavy atom. The Morgan fingerprint density at radius 2 is 2.16 bits per heavy atom. The Bertz CT molecular complexity index is 355. The van der Waals surface area contributed by atoms with Gasteiger partial charge in [-0.05, 0) is 33.1 Å². The van der Waals surface area contributed by atoms with Gasteiger partial charge in [0.25, 0.3) is 0 Å². The number of carbonyl (C=O) groups excluding carboxylic acids is 2. The van der Waals surface area contributed by atoms with E-state index in [1.54, 1.807) is 4.90 Å². The fraction of sp³-hybridized carbons (Fsp3) is 0.857. The van der Waals surface area contributed by atoms with E-state index >= 15 is 0 Å². The van der Waals surface area contributed by atoms with Crippen LogP contribution in [-0.2, 0) is 14.3 Å². The molecule has 108 valence electrons. The largest absolute Gasteiger partial charge is 0.444 e. The molecule has 0 aliphatic carbocycles. The Kier molecular flexibility index (Phi) is 4.13. The van der Waals surface area contributed by atoms with Gasteiger partial charge in [-0.2, -0.15) is 0 Å². The van der Waals surface area contributed by atoms with Crippen LogP contribution in [0.1, 0.15) is 33.6 Å². The number of nitrogens with zero attached hydrogens (tertiary/aromatic N) is 1. The van der Waals surface area contributed by atoms with Gasteiger partial charge in [-0.15, -0.1) is 0 Å². The molecule has 2 fully saturated rings. The molecule has 0 aromatic heterocycles. The second-order valence-corrected chi connectivity index (χ2v) is 6.37. The Balaban J connectivity index is 1.96. The summed E-state index contributed by atoms with van der Waals surface area (Å²) in [6, 6.07) is 0. The molecule has 2 atom stereocenters. The van der Waals surface area contributed by atoms with Crippen LogP contribution in [0.5, 0.6) is 0 Å². The number of hydrogen-bond acceptors (Lipinski definition) is 4. The summed E-state index contributed by atoms with van der Waals surface area (Å²) < 4.78 is 10.7. The highest BCUT2D eigenvalue weighted by molar-refractivity contribution is 5.84. The third-order valence-electron chi connectivity index (χ3n) is 3.64. The zero-order chi connectivity index (χ0) is 14.0. The minimum absolute atomic E-state index is 0.0798. The van der Waals surface area contributed by atoms with Gasteiger partial charge in [-0.25, -0.2) is 4.79 Å². The summed E-state index contributed by atoms with van der Waals surface area (Å²) in [4.78, 5) is 25.7. The second kappa shape index (κ2) is 5.49. The smallest absolute Gasteiger partial charge is 0.410 e. The monoisotopic (exact) mass is 269 g/mol. The van der Waals surface area contributed by atoms with Crippen LogP contribution >= 0.6 is 0 Å². The molecule has 5 nitrogen and oxygen atoms in total. The predicted molar refractivity (Wildman–Crippen MR) is 69.8 cm³/mol. The van der Waals surface area contributed by atoms with E-state index in [1.807, 2.05) is 20.8 Å². The molecular formula is C14H23NO4. The van der Waals surface area contributed by atoms with Gasteiger partial charge in [0.05, 0.1) is 6.61 Å². The second-order valence-electron chi connectivity index (χ2n) is 6.37. The van der Waals surface area contributed by atoms with Crippen molar-refractivity contribution < 1.29 is 19.1 Å². The molecular weight excluding hydrogens is 246 g/mol. The summed E-state index contributed by atoms with van der Waals surface area (Å²) in [6.07, 6.45) is 1.03. The fourth-order valence-electron chi connectivity index (χ4n) is 2.64. The van der Waals surface area contributed by atoms with Crippen LogP contribution in [-0.4, -0.2) is 48.7 Å². The SMILES string of the molecule is CC(C)(C)OC(=O)N1CCC(=O)[C@@H]([C@@H]2CCOC2)C1. The molecule has 19 heavy (non-hydrogen) atoms. The van der Waals surface area contributed by atoms with E-state index < -0.39 is 5.60 Å². The maximum Gasteiger partial charge on any atom is 0.410 e. The number of carbonyl (C=O) groups is 2.